The molecule has 1 amide bonds. The van der Waals surface area contributed by atoms with Gasteiger partial charge < -0.3 is 15.0 Å². The minimum absolute atomic E-state index is 0.0804. The van der Waals surface area contributed by atoms with Crippen molar-refractivity contribution in [1.29, 1.82) is 0 Å². The van der Waals surface area contributed by atoms with Gasteiger partial charge in [0.05, 0.1) is 24.5 Å². The molecule has 0 fully saturated rings. The molecule has 1 heterocycles. The second-order valence-corrected chi connectivity index (χ2v) is 4.44. The Kier molecular flexibility index (Phi) is 3.27. The molecule has 21 heavy (non-hydrogen) atoms. The number of rotatable bonds is 3. The van der Waals surface area contributed by atoms with Crippen molar-refractivity contribution in [1.82, 2.24) is 9.97 Å². The van der Waals surface area contributed by atoms with E-state index in [4.69, 9.17) is 4.74 Å². The van der Waals surface area contributed by atoms with Gasteiger partial charge >= 0.3 is 0 Å². The van der Waals surface area contributed by atoms with Crippen LogP contribution in [0.1, 0.15) is 10.4 Å². The lowest BCUT2D eigenvalue weighted by Crippen LogP contribution is -2.12. The molecular formula is C15H12FN3O2. The lowest BCUT2D eigenvalue weighted by atomic mass is 10.2. The zero-order valence-corrected chi connectivity index (χ0v) is 11.2. The molecule has 0 atom stereocenters. The van der Waals surface area contributed by atoms with Crippen LogP contribution in [0.3, 0.4) is 0 Å². The fraction of sp³-hybridized carbons (Fsp3) is 0.0667. The topological polar surface area (TPSA) is 67.0 Å². The summed E-state index contributed by atoms with van der Waals surface area (Å²) >= 11 is 0. The van der Waals surface area contributed by atoms with Crippen LogP contribution in [0, 0.1) is 5.82 Å². The van der Waals surface area contributed by atoms with Crippen molar-refractivity contribution in [2.45, 2.75) is 0 Å². The monoisotopic (exact) mass is 285 g/mol. The molecule has 0 spiro atoms. The first kappa shape index (κ1) is 13.1. The molecule has 0 unspecified atom stereocenters. The van der Waals surface area contributed by atoms with E-state index < -0.39 is 5.82 Å². The van der Waals surface area contributed by atoms with E-state index in [-0.39, 0.29) is 11.7 Å². The van der Waals surface area contributed by atoms with Gasteiger partial charge in [0.15, 0.2) is 11.6 Å². The number of hydrogen-bond donors (Lipinski definition) is 2. The summed E-state index contributed by atoms with van der Waals surface area (Å²) in [6.07, 6.45) is 1.57. The third-order valence-electron chi connectivity index (χ3n) is 3.09. The van der Waals surface area contributed by atoms with E-state index in [1.165, 1.54) is 25.3 Å². The second-order valence-electron chi connectivity index (χ2n) is 4.44. The molecule has 106 valence electrons. The molecule has 0 aliphatic heterocycles. The molecule has 1 aromatic heterocycles. The largest absolute Gasteiger partial charge is 0.494 e. The second kappa shape index (κ2) is 5.24. The summed E-state index contributed by atoms with van der Waals surface area (Å²) in [5.41, 5.74) is 2.51. The van der Waals surface area contributed by atoms with Gasteiger partial charge in [-0.15, -0.1) is 0 Å². The highest BCUT2D eigenvalue weighted by atomic mass is 19.1. The van der Waals surface area contributed by atoms with Crippen LogP contribution in [0.15, 0.2) is 42.7 Å². The summed E-state index contributed by atoms with van der Waals surface area (Å²) < 4.78 is 18.2. The van der Waals surface area contributed by atoms with Gasteiger partial charge in [0.25, 0.3) is 5.91 Å². The van der Waals surface area contributed by atoms with E-state index in [1.807, 2.05) is 0 Å². The average molecular weight is 285 g/mol. The maximum absolute atomic E-state index is 13.3. The van der Waals surface area contributed by atoms with Crippen LogP contribution in [0.4, 0.5) is 10.1 Å². The smallest absolute Gasteiger partial charge is 0.255 e. The van der Waals surface area contributed by atoms with Gasteiger partial charge in [-0.2, -0.15) is 0 Å². The quantitative estimate of drug-likeness (QED) is 0.777. The maximum Gasteiger partial charge on any atom is 0.255 e. The summed E-state index contributed by atoms with van der Waals surface area (Å²) in [5, 5.41) is 2.70. The average Bonchev–Trinajstić information content (AvgIpc) is 2.96. The first-order valence-corrected chi connectivity index (χ1v) is 6.25. The molecule has 6 heteroatoms. The number of aromatic amines is 1. The number of anilines is 1. The van der Waals surface area contributed by atoms with Crippen molar-refractivity contribution >= 4 is 22.6 Å². The number of imidazole rings is 1. The Morgan fingerprint density at radius 3 is 2.95 bits per heavy atom. The number of carbonyl (C=O) groups excluding carboxylic acids is 1. The minimum atomic E-state index is -0.477. The number of fused-ring (bicyclic) bond motifs is 1. The fourth-order valence-corrected chi connectivity index (χ4v) is 2.02. The number of halogens is 1. The van der Waals surface area contributed by atoms with E-state index in [1.54, 1.807) is 24.5 Å². The Bertz CT molecular complexity index is 814. The van der Waals surface area contributed by atoms with E-state index in [2.05, 4.69) is 15.3 Å². The molecular weight excluding hydrogens is 273 g/mol. The molecule has 3 rings (SSSR count). The summed E-state index contributed by atoms with van der Waals surface area (Å²) in [4.78, 5) is 19.2. The first-order valence-electron chi connectivity index (χ1n) is 6.25. The highest BCUT2D eigenvalue weighted by Crippen LogP contribution is 2.22. The van der Waals surface area contributed by atoms with Crippen molar-refractivity contribution in [3.05, 3.63) is 54.1 Å². The van der Waals surface area contributed by atoms with Gasteiger partial charge in [0.1, 0.15) is 0 Å². The van der Waals surface area contributed by atoms with Crippen molar-refractivity contribution in [2.24, 2.45) is 0 Å². The number of hydrogen-bond acceptors (Lipinski definition) is 3. The normalized spacial score (nSPS) is 10.6. The molecule has 2 N–H and O–H groups in total. The van der Waals surface area contributed by atoms with E-state index in [0.29, 0.717) is 11.3 Å². The molecule has 0 saturated carbocycles. The predicted octanol–water partition coefficient (Wildman–Crippen LogP) is 2.96. The van der Waals surface area contributed by atoms with Gasteiger partial charge in [0.2, 0.25) is 0 Å². The Hall–Kier alpha value is -2.89. The number of carbonyl (C=O) groups is 1. The molecule has 0 aliphatic rings. The highest BCUT2D eigenvalue weighted by Gasteiger charge is 2.10. The lowest BCUT2D eigenvalue weighted by Gasteiger charge is -2.08. The molecule has 2 aromatic carbocycles. The van der Waals surface area contributed by atoms with E-state index in [0.717, 1.165) is 11.0 Å². The number of benzene rings is 2. The lowest BCUT2D eigenvalue weighted by molar-refractivity contribution is 0.102. The van der Waals surface area contributed by atoms with Crippen LogP contribution in [0.5, 0.6) is 5.75 Å². The van der Waals surface area contributed by atoms with Crippen LogP contribution >= 0.6 is 0 Å². The molecule has 3 aromatic rings. The third-order valence-corrected chi connectivity index (χ3v) is 3.09. The minimum Gasteiger partial charge on any atom is -0.494 e. The van der Waals surface area contributed by atoms with Gasteiger partial charge in [-0.05, 0) is 30.3 Å². The van der Waals surface area contributed by atoms with Gasteiger partial charge in [-0.25, -0.2) is 9.37 Å². The Morgan fingerprint density at radius 2 is 2.14 bits per heavy atom. The fourth-order valence-electron chi connectivity index (χ4n) is 2.02. The van der Waals surface area contributed by atoms with E-state index >= 15 is 0 Å². The first-order chi connectivity index (χ1) is 10.2. The van der Waals surface area contributed by atoms with Crippen molar-refractivity contribution < 1.29 is 13.9 Å². The summed E-state index contributed by atoms with van der Waals surface area (Å²) in [6, 6.07) is 9.29. The van der Waals surface area contributed by atoms with Crippen LogP contribution < -0.4 is 10.1 Å². The standard InChI is InChI=1S/C15H12FN3O2/c1-21-14-7-10(3-4-11(14)16)19-15(20)9-2-5-12-13(6-9)18-8-17-12/h2-8H,1H3,(H,17,18)(H,19,20). The summed E-state index contributed by atoms with van der Waals surface area (Å²) in [7, 11) is 1.37. The number of nitrogens with zero attached hydrogens (tertiary/aromatic N) is 1. The Balaban J connectivity index is 1.85. The number of H-pyrrole nitrogens is 1. The number of amides is 1. The molecule has 0 bridgehead atoms. The number of ether oxygens (including phenoxy) is 1. The zero-order valence-electron chi connectivity index (χ0n) is 11.2. The molecule has 5 nitrogen and oxygen atoms in total. The van der Waals surface area contributed by atoms with Gasteiger partial charge in [0, 0.05) is 17.3 Å². The van der Waals surface area contributed by atoms with Gasteiger partial charge in [-0.3, -0.25) is 4.79 Å². The van der Waals surface area contributed by atoms with Crippen LogP contribution in [-0.2, 0) is 0 Å². The Labute approximate surface area is 119 Å². The maximum atomic E-state index is 13.3. The molecule has 0 aliphatic carbocycles. The SMILES string of the molecule is COc1cc(NC(=O)c2ccc3nc[nH]c3c2)ccc1F. The van der Waals surface area contributed by atoms with Crippen molar-refractivity contribution in [3.8, 4) is 5.75 Å². The molecule has 0 radical (unpaired) electrons. The summed E-state index contributed by atoms with van der Waals surface area (Å²) in [5.74, 6) is -0.689. The molecule has 0 saturated heterocycles. The number of methoxy groups -OCH3 is 1. The summed E-state index contributed by atoms with van der Waals surface area (Å²) in [6.45, 7) is 0. The zero-order chi connectivity index (χ0) is 14.8. The number of aromatic nitrogens is 2. The van der Waals surface area contributed by atoms with E-state index in [9.17, 15) is 9.18 Å². The van der Waals surface area contributed by atoms with Crippen LogP contribution in [0.25, 0.3) is 11.0 Å². The van der Waals surface area contributed by atoms with Crippen molar-refractivity contribution in [2.75, 3.05) is 12.4 Å². The predicted molar refractivity (Wildman–Crippen MR) is 77.0 cm³/mol. The third kappa shape index (κ3) is 2.55. The highest BCUT2D eigenvalue weighted by molar-refractivity contribution is 6.05. The Morgan fingerprint density at radius 1 is 1.29 bits per heavy atom. The van der Waals surface area contributed by atoms with Crippen LogP contribution in [-0.4, -0.2) is 23.0 Å². The van der Waals surface area contributed by atoms with Crippen LogP contribution in [0.2, 0.25) is 0 Å². The van der Waals surface area contributed by atoms with Crippen molar-refractivity contribution in [3.63, 3.8) is 0 Å². The number of nitrogens with one attached hydrogen (secondary N) is 2. The van der Waals surface area contributed by atoms with Gasteiger partial charge in [-0.1, -0.05) is 0 Å².